The zero-order valence-corrected chi connectivity index (χ0v) is 11.8. The van der Waals surface area contributed by atoms with E-state index in [9.17, 15) is 13.2 Å². The standard InChI is InChI=1S/C14H20F3N3O/c15-14(16,17)11-21-10-7-19-12-3-8-20(9-4-12)13-1-5-18-6-2-13/h1-2,5-6,12,19H,3-4,7-11H2. The van der Waals surface area contributed by atoms with Gasteiger partial charge >= 0.3 is 6.18 Å². The van der Waals surface area contributed by atoms with Crippen molar-refractivity contribution in [3.05, 3.63) is 24.5 Å². The number of ether oxygens (including phenoxy) is 1. The summed E-state index contributed by atoms with van der Waals surface area (Å²) in [6.45, 7) is 1.24. The third kappa shape index (κ3) is 5.89. The molecule has 0 aromatic carbocycles. The van der Waals surface area contributed by atoms with Crippen molar-refractivity contribution in [2.24, 2.45) is 0 Å². The Hall–Kier alpha value is -1.34. The number of alkyl halides is 3. The van der Waals surface area contributed by atoms with Gasteiger partial charge < -0.3 is 15.0 Å². The molecule has 0 spiro atoms. The molecule has 0 radical (unpaired) electrons. The maximum atomic E-state index is 11.9. The van der Waals surface area contributed by atoms with Crippen LogP contribution in [0.5, 0.6) is 0 Å². The van der Waals surface area contributed by atoms with Crippen LogP contribution in [0, 0.1) is 0 Å². The number of aromatic nitrogens is 1. The van der Waals surface area contributed by atoms with E-state index in [2.05, 4.69) is 19.9 Å². The maximum Gasteiger partial charge on any atom is 0.411 e. The Kier molecular flexibility index (Phi) is 5.81. The van der Waals surface area contributed by atoms with E-state index in [1.807, 2.05) is 12.1 Å². The van der Waals surface area contributed by atoms with Crippen LogP contribution in [0.3, 0.4) is 0 Å². The lowest BCUT2D eigenvalue weighted by Gasteiger charge is -2.34. The van der Waals surface area contributed by atoms with E-state index in [-0.39, 0.29) is 6.61 Å². The van der Waals surface area contributed by atoms with E-state index < -0.39 is 12.8 Å². The molecule has 118 valence electrons. The van der Waals surface area contributed by atoms with Crippen LogP contribution < -0.4 is 10.2 Å². The molecule has 2 rings (SSSR count). The number of anilines is 1. The van der Waals surface area contributed by atoms with Crippen molar-refractivity contribution in [3.8, 4) is 0 Å². The van der Waals surface area contributed by atoms with Crippen molar-refractivity contribution in [3.63, 3.8) is 0 Å². The maximum absolute atomic E-state index is 11.9. The van der Waals surface area contributed by atoms with Gasteiger partial charge in [-0.2, -0.15) is 13.2 Å². The molecule has 0 saturated carbocycles. The molecule has 1 aliphatic rings. The second-order valence-corrected chi connectivity index (χ2v) is 5.09. The van der Waals surface area contributed by atoms with Crippen LogP contribution in [-0.4, -0.2) is 50.1 Å². The van der Waals surface area contributed by atoms with E-state index in [1.165, 1.54) is 0 Å². The molecule has 1 N–H and O–H groups in total. The minimum atomic E-state index is -4.24. The second kappa shape index (κ2) is 7.61. The summed E-state index contributed by atoms with van der Waals surface area (Å²) in [5.41, 5.74) is 1.16. The van der Waals surface area contributed by atoms with Crippen molar-refractivity contribution in [2.45, 2.75) is 25.1 Å². The predicted molar refractivity (Wildman–Crippen MR) is 74.3 cm³/mol. The molecule has 0 aliphatic carbocycles. The summed E-state index contributed by atoms with van der Waals surface area (Å²) in [4.78, 5) is 6.29. The molecule has 0 unspecified atom stereocenters. The zero-order chi connectivity index (χ0) is 15.1. The molecule has 1 fully saturated rings. The van der Waals surface area contributed by atoms with E-state index in [0.717, 1.165) is 31.6 Å². The van der Waals surface area contributed by atoms with Crippen molar-refractivity contribution in [1.29, 1.82) is 0 Å². The first-order valence-electron chi connectivity index (χ1n) is 7.07. The highest BCUT2D eigenvalue weighted by Gasteiger charge is 2.27. The van der Waals surface area contributed by atoms with Crippen LogP contribution >= 0.6 is 0 Å². The lowest BCUT2D eigenvalue weighted by Crippen LogP contribution is -2.43. The number of pyridine rings is 1. The third-order valence-electron chi connectivity index (χ3n) is 3.47. The van der Waals surface area contributed by atoms with Gasteiger partial charge in [-0.3, -0.25) is 4.98 Å². The first-order chi connectivity index (χ1) is 10.0. The predicted octanol–water partition coefficient (Wildman–Crippen LogP) is 2.22. The fourth-order valence-corrected chi connectivity index (χ4v) is 2.42. The van der Waals surface area contributed by atoms with Gasteiger partial charge in [-0.05, 0) is 25.0 Å². The molecule has 1 aliphatic heterocycles. The smallest absolute Gasteiger partial charge is 0.371 e. The van der Waals surface area contributed by atoms with Crippen molar-refractivity contribution >= 4 is 5.69 Å². The molecule has 7 heteroatoms. The lowest BCUT2D eigenvalue weighted by molar-refractivity contribution is -0.173. The minimum Gasteiger partial charge on any atom is -0.371 e. The summed E-state index contributed by atoms with van der Waals surface area (Å²) in [5, 5.41) is 3.25. The first kappa shape index (κ1) is 16.0. The van der Waals surface area contributed by atoms with E-state index >= 15 is 0 Å². The van der Waals surface area contributed by atoms with Crippen LogP contribution in [-0.2, 0) is 4.74 Å². The Labute approximate surface area is 122 Å². The van der Waals surface area contributed by atoms with Gasteiger partial charge in [-0.25, -0.2) is 0 Å². The quantitative estimate of drug-likeness (QED) is 0.818. The van der Waals surface area contributed by atoms with Crippen LogP contribution in [0.15, 0.2) is 24.5 Å². The van der Waals surface area contributed by atoms with Gasteiger partial charge in [0, 0.05) is 43.8 Å². The SMILES string of the molecule is FC(F)(F)COCCNC1CCN(c2ccncc2)CC1. The van der Waals surface area contributed by atoms with E-state index in [0.29, 0.717) is 12.6 Å². The summed E-state index contributed by atoms with van der Waals surface area (Å²) in [5.74, 6) is 0. The summed E-state index contributed by atoms with van der Waals surface area (Å²) in [6, 6.07) is 4.31. The van der Waals surface area contributed by atoms with Gasteiger partial charge in [0.05, 0.1) is 6.61 Å². The van der Waals surface area contributed by atoms with Crippen molar-refractivity contribution in [1.82, 2.24) is 10.3 Å². The molecule has 1 aromatic rings. The fraction of sp³-hybridized carbons (Fsp3) is 0.643. The average molecular weight is 303 g/mol. The number of nitrogens with zero attached hydrogens (tertiary/aromatic N) is 2. The van der Waals surface area contributed by atoms with E-state index in [4.69, 9.17) is 0 Å². The summed E-state index contributed by atoms with van der Waals surface area (Å²) >= 11 is 0. The molecule has 1 aromatic heterocycles. The Morgan fingerprint density at radius 1 is 1.24 bits per heavy atom. The first-order valence-corrected chi connectivity index (χ1v) is 7.07. The summed E-state index contributed by atoms with van der Waals surface area (Å²) in [6.07, 6.45) is 1.26. The van der Waals surface area contributed by atoms with Crippen LogP contribution in [0.4, 0.5) is 18.9 Å². The van der Waals surface area contributed by atoms with Gasteiger partial charge in [-0.15, -0.1) is 0 Å². The molecule has 2 heterocycles. The van der Waals surface area contributed by atoms with Gasteiger partial charge in [0.1, 0.15) is 6.61 Å². The van der Waals surface area contributed by atoms with Gasteiger partial charge in [-0.1, -0.05) is 0 Å². The normalized spacial score (nSPS) is 17.2. The second-order valence-electron chi connectivity index (χ2n) is 5.09. The number of piperidine rings is 1. The van der Waals surface area contributed by atoms with Gasteiger partial charge in [0.15, 0.2) is 0 Å². The van der Waals surface area contributed by atoms with Crippen LogP contribution in [0.1, 0.15) is 12.8 Å². The Balaban J connectivity index is 1.59. The topological polar surface area (TPSA) is 37.4 Å². The van der Waals surface area contributed by atoms with E-state index in [1.54, 1.807) is 12.4 Å². The van der Waals surface area contributed by atoms with Crippen molar-refractivity contribution < 1.29 is 17.9 Å². The minimum absolute atomic E-state index is 0.0874. The molecule has 0 atom stereocenters. The average Bonchev–Trinajstić information content (AvgIpc) is 2.47. The molecule has 1 saturated heterocycles. The summed E-state index contributed by atoms with van der Waals surface area (Å²) < 4.78 is 40.2. The molecule has 0 bridgehead atoms. The largest absolute Gasteiger partial charge is 0.411 e. The van der Waals surface area contributed by atoms with Crippen LogP contribution in [0.25, 0.3) is 0 Å². The number of halogens is 3. The third-order valence-corrected chi connectivity index (χ3v) is 3.47. The fourth-order valence-electron chi connectivity index (χ4n) is 2.42. The highest BCUT2D eigenvalue weighted by molar-refractivity contribution is 5.44. The monoisotopic (exact) mass is 303 g/mol. The Morgan fingerprint density at radius 3 is 2.52 bits per heavy atom. The number of hydrogen-bond acceptors (Lipinski definition) is 4. The highest BCUT2D eigenvalue weighted by Crippen LogP contribution is 2.18. The van der Waals surface area contributed by atoms with Gasteiger partial charge in [0.25, 0.3) is 0 Å². The molecular weight excluding hydrogens is 283 g/mol. The number of hydrogen-bond donors (Lipinski definition) is 1. The highest BCUT2D eigenvalue weighted by atomic mass is 19.4. The molecular formula is C14H20F3N3O. The number of rotatable bonds is 6. The number of nitrogens with one attached hydrogen (secondary N) is 1. The Morgan fingerprint density at radius 2 is 1.90 bits per heavy atom. The van der Waals surface area contributed by atoms with Gasteiger partial charge in [0.2, 0.25) is 0 Å². The van der Waals surface area contributed by atoms with Crippen LogP contribution in [0.2, 0.25) is 0 Å². The summed E-state index contributed by atoms with van der Waals surface area (Å²) in [7, 11) is 0. The molecule has 0 amide bonds. The van der Waals surface area contributed by atoms with Crippen molar-refractivity contribution in [2.75, 3.05) is 37.7 Å². The Bertz CT molecular complexity index is 406. The molecule has 21 heavy (non-hydrogen) atoms. The lowest BCUT2D eigenvalue weighted by atomic mass is 10.0. The molecule has 4 nitrogen and oxygen atoms in total. The zero-order valence-electron chi connectivity index (χ0n) is 11.8.